The van der Waals surface area contributed by atoms with Gasteiger partial charge in [-0.25, -0.2) is 19.3 Å². The lowest BCUT2D eigenvalue weighted by Crippen LogP contribution is -2.38. The van der Waals surface area contributed by atoms with Gasteiger partial charge >= 0.3 is 0 Å². The Bertz CT molecular complexity index is 2030. The number of unbranched alkanes of at least 4 members (excludes halogenated alkanes) is 11. The zero-order chi connectivity index (χ0) is 38.9. The van der Waals surface area contributed by atoms with Crippen LogP contribution in [0.1, 0.15) is 144 Å². The number of nitrogens with one attached hydrogen (secondary N) is 2. The molecule has 3 N–H and O–H groups in total. The number of aromatic nitrogens is 6. The van der Waals surface area contributed by atoms with E-state index in [0.717, 1.165) is 90.0 Å². The van der Waals surface area contributed by atoms with Gasteiger partial charge in [0.05, 0.1) is 35.3 Å². The molecule has 0 amide bonds. The number of phenols is 1. The minimum atomic E-state index is -0.640. The lowest BCUT2D eigenvalue weighted by molar-refractivity contribution is 0.0787. The van der Waals surface area contributed by atoms with Crippen LogP contribution < -0.4 is 4.90 Å². The lowest BCUT2D eigenvalue weighted by Gasteiger charge is -2.28. The number of carbonyl (C=O) groups excluding carboxylic acids is 1. The molecule has 0 spiro atoms. The van der Waals surface area contributed by atoms with E-state index < -0.39 is 5.82 Å². The summed E-state index contributed by atoms with van der Waals surface area (Å²) >= 11 is 0. The highest BCUT2D eigenvalue weighted by Crippen LogP contribution is 2.35. The average Bonchev–Trinajstić information content (AvgIpc) is 3.94. The van der Waals surface area contributed by atoms with Crippen molar-refractivity contribution in [3.63, 3.8) is 0 Å². The molecule has 3 aromatic heterocycles. The Hall–Kier alpha value is -4.64. The van der Waals surface area contributed by atoms with Crippen molar-refractivity contribution < 1.29 is 14.3 Å². The molecule has 1 fully saturated rings. The highest BCUT2D eigenvalue weighted by atomic mass is 19.1. The van der Waals surface area contributed by atoms with Gasteiger partial charge in [0.2, 0.25) is 0 Å². The Morgan fingerprint density at radius 1 is 0.875 bits per heavy atom. The fourth-order valence-electron chi connectivity index (χ4n) is 8.59. The second-order valence-corrected chi connectivity index (χ2v) is 15.9. The van der Waals surface area contributed by atoms with Gasteiger partial charge < -0.3 is 15.0 Å². The molecule has 0 aliphatic carbocycles. The largest absolute Gasteiger partial charge is 0.505 e. The highest BCUT2D eigenvalue weighted by molar-refractivity contribution is 5.98. The van der Waals surface area contributed by atoms with E-state index in [1.807, 2.05) is 25.1 Å². The van der Waals surface area contributed by atoms with Crippen molar-refractivity contribution in [2.75, 3.05) is 18.0 Å². The first-order valence-corrected chi connectivity index (χ1v) is 21.4. The molecule has 1 atom stereocenters. The number of anilines is 1. The van der Waals surface area contributed by atoms with Crippen molar-refractivity contribution in [2.45, 2.75) is 142 Å². The summed E-state index contributed by atoms with van der Waals surface area (Å²) < 4.78 is 14.3. The van der Waals surface area contributed by atoms with Gasteiger partial charge in [-0.3, -0.25) is 14.8 Å². The van der Waals surface area contributed by atoms with Crippen molar-refractivity contribution in [3.8, 4) is 28.4 Å². The number of hydrogen-bond donors (Lipinski definition) is 3. The van der Waals surface area contributed by atoms with E-state index in [1.165, 1.54) is 82.8 Å². The van der Waals surface area contributed by atoms with Gasteiger partial charge in [-0.2, -0.15) is 5.10 Å². The van der Waals surface area contributed by atoms with Crippen molar-refractivity contribution in [3.05, 3.63) is 71.2 Å². The van der Waals surface area contributed by atoms with Crippen LogP contribution in [0, 0.1) is 5.82 Å². The predicted molar refractivity (Wildman–Crippen MR) is 221 cm³/mol. The van der Waals surface area contributed by atoms with Gasteiger partial charge in [-0.1, -0.05) is 97.0 Å². The number of rotatable bonds is 20. The number of halogens is 1. The Kier molecular flexibility index (Phi) is 13.4. The number of imidazole rings is 1. The zero-order valence-electron chi connectivity index (χ0n) is 33.4. The van der Waals surface area contributed by atoms with E-state index in [9.17, 15) is 14.3 Å². The first-order valence-electron chi connectivity index (χ1n) is 21.4. The molecule has 2 aliphatic heterocycles. The SMILES string of the molecule is CCCCCCCCCCCCCCC(C(=O)c1cnc(N2CCCCC2)cn1)N1Cc2nc(-c3n[nH]c4cc(-c5cc(F)c(O)cc5CC)ccc34)[nH]c2C1. The van der Waals surface area contributed by atoms with Gasteiger partial charge in [-0.05, 0) is 73.1 Å². The maximum absolute atomic E-state index is 14.3. The van der Waals surface area contributed by atoms with E-state index in [2.05, 4.69) is 36.9 Å². The fraction of sp³-hybridized carbons (Fsp3) is 0.533. The van der Waals surface area contributed by atoms with Crippen LogP contribution in [-0.4, -0.2) is 65.1 Å². The van der Waals surface area contributed by atoms with Gasteiger partial charge in [0.1, 0.15) is 17.2 Å². The maximum atomic E-state index is 14.3. The van der Waals surface area contributed by atoms with Crippen LogP contribution in [0.25, 0.3) is 33.5 Å². The number of carbonyl (C=O) groups is 1. The molecule has 2 aromatic carbocycles. The van der Waals surface area contributed by atoms with Crippen molar-refractivity contribution >= 4 is 22.5 Å². The molecular formula is C45H59FN8O2. The summed E-state index contributed by atoms with van der Waals surface area (Å²) in [5, 5.41) is 18.6. The van der Waals surface area contributed by atoms with Gasteiger partial charge in [0.25, 0.3) is 0 Å². The third-order valence-corrected chi connectivity index (χ3v) is 11.9. The van der Waals surface area contributed by atoms with E-state index in [1.54, 1.807) is 12.4 Å². The molecule has 1 saturated heterocycles. The molecule has 56 heavy (non-hydrogen) atoms. The summed E-state index contributed by atoms with van der Waals surface area (Å²) in [5.74, 6) is 0.592. The number of aryl methyl sites for hydroxylation is 1. The van der Waals surface area contributed by atoms with Gasteiger partial charge in [-0.15, -0.1) is 0 Å². The van der Waals surface area contributed by atoms with Crippen LogP contribution in [-0.2, 0) is 19.5 Å². The zero-order valence-corrected chi connectivity index (χ0v) is 33.4. The summed E-state index contributed by atoms with van der Waals surface area (Å²) in [4.78, 5) is 36.6. The Morgan fingerprint density at radius 2 is 1.61 bits per heavy atom. The fourth-order valence-corrected chi connectivity index (χ4v) is 8.59. The maximum Gasteiger partial charge on any atom is 0.199 e. The number of aromatic hydroxyl groups is 1. The topological polar surface area (TPSA) is 127 Å². The Morgan fingerprint density at radius 3 is 2.29 bits per heavy atom. The molecule has 5 heterocycles. The van der Waals surface area contributed by atoms with Crippen LogP contribution in [0.15, 0.2) is 42.7 Å². The number of fused-ring (bicyclic) bond motifs is 2. The molecule has 0 bridgehead atoms. The lowest BCUT2D eigenvalue weighted by atomic mass is 9.96. The standard InChI is InChI=1S/C45H59FN8O2/c1-3-5-6-7-8-9-10-11-12-13-14-16-19-40(44(56)37-27-48-42(28-47-37)53-22-17-15-18-23-53)54-29-38-39(30-54)50-45(49-38)43-33-21-20-32(24-36(33)51-52-43)34-26-35(46)41(55)25-31(34)4-2/h20-21,24-28,40,55H,3-19,22-23,29-30H2,1-2H3,(H,49,50)(H,51,52). The van der Waals surface area contributed by atoms with Gasteiger partial charge in [0, 0.05) is 31.6 Å². The number of hydrogen-bond acceptors (Lipinski definition) is 8. The van der Waals surface area contributed by atoms with E-state index in [4.69, 9.17) is 9.97 Å². The highest BCUT2D eigenvalue weighted by Gasteiger charge is 2.34. The second-order valence-electron chi connectivity index (χ2n) is 15.9. The monoisotopic (exact) mass is 762 g/mol. The first-order chi connectivity index (χ1) is 27.4. The Balaban J connectivity index is 1.01. The molecule has 10 nitrogen and oxygen atoms in total. The summed E-state index contributed by atoms with van der Waals surface area (Å²) in [6, 6.07) is 8.48. The smallest absolute Gasteiger partial charge is 0.199 e. The normalized spacial score (nSPS) is 15.2. The van der Waals surface area contributed by atoms with Gasteiger partial charge in [0.15, 0.2) is 23.2 Å². The quantitative estimate of drug-likeness (QED) is 0.0528. The molecule has 11 heteroatoms. The molecular weight excluding hydrogens is 704 g/mol. The number of nitrogens with zero attached hydrogens (tertiary/aromatic N) is 6. The number of benzene rings is 2. The predicted octanol–water partition coefficient (Wildman–Crippen LogP) is 10.5. The molecule has 5 aromatic rings. The second kappa shape index (κ2) is 19.0. The minimum absolute atomic E-state index is 0.0324. The summed E-state index contributed by atoms with van der Waals surface area (Å²) in [7, 11) is 0. The van der Waals surface area contributed by atoms with Crippen molar-refractivity contribution in [1.82, 2.24) is 35.0 Å². The van der Waals surface area contributed by atoms with Crippen LogP contribution in [0.3, 0.4) is 0 Å². The minimum Gasteiger partial charge on any atom is -0.505 e. The third kappa shape index (κ3) is 9.31. The number of piperidine rings is 1. The molecule has 298 valence electrons. The molecule has 1 unspecified atom stereocenters. The third-order valence-electron chi connectivity index (χ3n) is 11.9. The van der Waals surface area contributed by atoms with Crippen LogP contribution in [0.5, 0.6) is 5.75 Å². The molecule has 2 aliphatic rings. The van der Waals surface area contributed by atoms with E-state index in [-0.39, 0.29) is 17.6 Å². The van der Waals surface area contributed by atoms with Crippen molar-refractivity contribution in [2.24, 2.45) is 0 Å². The summed E-state index contributed by atoms with van der Waals surface area (Å²) in [6.45, 7) is 7.39. The van der Waals surface area contributed by atoms with Crippen LogP contribution in [0.4, 0.5) is 10.2 Å². The average molecular weight is 763 g/mol. The van der Waals surface area contributed by atoms with E-state index in [0.29, 0.717) is 36.7 Å². The molecule has 7 rings (SSSR count). The summed E-state index contributed by atoms with van der Waals surface area (Å²) in [6.07, 6.45) is 23.8. The van der Waals surface area contributed by atoms with Crippen molar-refractivity contribution in [1.29, 1.82) is 0 Å². The summed E-state index contributed by atoms with van der Waals surface area (Å²) in [5.41, 5.74) is 6.34. The van der Waals surface area contributed by atoms with Crippen LogP contribution in [0.2, 0.25) is 0 Å². The van der Waals surface area contributed by atoms with E-state index >= 15 is 0 Å². The number of H-pyrrole nitrogens is 2. The first kappa shape index (κ1) is 39.6. The number of ketones is 1. The van der Waals surface area contributed by atoms with Crippen LogP contribution >= 0.6 is 0 Å². The molecule has 0 radical (unpaired) electrons. The number of phenolic OH excluding ortho intramolecular Hbond substituents is 1. The number of aromatic amines is 2. The number of Topliss-reactive ketones (excluding diaryl/α,β-unsaturated/α-hetero) is 1. The Labute approximate surface area is 330 Å². The molecule has 0 saturated carbocycles.